The monoisotopic (exact) mass is 460 g/mol. The van der Waals surface area contributed by atoms with Gasteiger partial charge in [-0.25, -0.2) is 14.6 Å². The van der Waals surface area contributed by atoms with Crippen LogP contribution in [0.1, 0.15) is 15.9 Å². The number of aromatic amines is 1. The van der Waals surface area contributed by atoms with Crippen molar-refractivity contribution in [2.45, 2.75) is 6.54 Å². The standard InChI is InChI=1S/C26H20N8O/c27-34-22-9-5-4-8-21(22)31-25(34)23-20-11-18(15-29-24(20)33-32-23)17-10-19(14-28-13-17)26(35)30-12-16-6-2-1-3-7-16/h1-11,13-15H,12,27H2,(H,30,35)(H,29,32,33). The zero-order valence-electron chi connectivity index (χ0n) is 18.5. The first-order valence-electron chi connectivity index (χ1n) is 11.0. The number of para-hydroxylation sites is 2. The molecule has 9 heteroatoms. The minimum atomic E-state index is -0.196. The summed E-state index contributed by atoms with van der Waals surface area (Å²) in [4.78, 5) is 26.2. The predicted octanol–water partition coefficient (Wildman–Crippen LogP) is 3.68. The number of H-pyrrole nitrogens is 1. The summed E-state index contributed by atoms with van der Waals surface area (Å²) in [6, 6.07) is 21.1. The highest BCUT2D eigenvalue weighted by Gasteiger charge is 2.18. The fraction of sp³-hybridized carbons (Fsp3) is 0.0385. The van der Waals surface area contributed by atoms with Crippen LogP contribution in [0.3, 0.4) is 0 Å². The minimum absolute atomic E-state index is 0.196. The molecule has 0 unspecified atom stereocenters. The number of nitrogen functional groups attached to an aromatic ring is 1. The average molecular weight is 461 g/mol. The highest BCUT2D eigenvalue weighted by molar-refractivity contribution is 5.96. The highest BCUT2D eigenvalue weighted by Crippen LogP contribution is 2.30. The van der Waals surface area contributed by atoms with Gasteiger partial charge in [0.1, 0.15) is 5.69 Å². The van der Waals surface area contributed by atoms with Crippen LogP contribution in [0.25, 0.3) is 44.7 Å². The summed E-state index contributed by atoms with van der Waals surface area (Å²) in [6.07, 6.45) is 4.98. The van der Waals surface area contributed by atoms with Crippen LogP contribution in [0.5, 0.6) is 0 Å². The van der Waals surface area contributed by atoms with E-state index in [0.29, 0.717) is 29.3 Å². The molecule has 35 heavy (non-hydrogen) atoms. The van der Waals surface area contributed by atoms with Gasteiger partial charge in [-0.3, -0.25) is 14.9 Å². The zero-order valence-corrected chi connectivity index (χ0v) is 18.5. The van der Waals surface area contributed by atoms with Gasteiger partial charge < -0.3 is 11.2 Å². The van der Waals surface area contributed by atoms with E-state index in [4.69, 9.17) is 5.84 Å². The van der Waals surface area contributed by atoms with Gasteiger partial charge >= 0.3 is 0 Å². The number of nitrogens with two attached hydrogens (primary N) is 1. The Morgan fingerprint density at radius 3 is 2.63 bits per heavy atom. The van der Waals surface area contributed by atoms with Crippen LogP contribution in [0, 0.1) is 0 Å². The zero-order chi connectivity index (χ0) is 23.8. The van der Waals surface area contributed by atoms with Crippen LogP contribution >= 0.6 is 0 Å². The Kier molecular flexibility index (Phi) is 4.92. The molecular weight excluding hydrogens is 440 g/mol. The third-order valence-electron chi connectivity index (χ3n) is 5.85. The van der Waals surface area contributed by atoms with E-state index in [1.54, 1.807) is 24.7 Å². The number of hydrogen-bond acceptors (Lipinski definition) is 6. The maximum Gasteiger partial charge on any atom is 0.253 e. The van der Waals surface area contributed by atoms with Gasteiger partial charge in [0.2, 0.25) is 0 Å². The second-order valence-electron chi connectivity index (χ2n) is 8.12. The van der Waals surface area contributed by atoms with E-state index in [-0.39, 0.29) is 5.91 Å². The SMILES string of the molecule is Nn1c(-c2n[nH]c3ncc(-c4cncc(C(=O)NCc5ccccc5)c4)cc23)nc2ccccc21. The summed E-state index contributed by atoms with van der Waals surface area (Å²) in [5.74, 6) is 6.65. The molecule has 0 aliphatic rings. The van der Waals surface area contributed by atoms with Crippen LogP contribution in [0.2, 0.25) is 0 Å². The molecule has 0 spiro atoms. The van der Waals surface area contributed by atoms with Crippen molar-refractivity contribution in [3.05, 3.63) is 96.4 Å². The van der Waals surface area contributed by atoms with Gasteiger partial charge in [0.25, 0.3) is 5.91 Å². The van der Waals surface area contributed by atoms with Gasteiger partial charge in [-0.1, -0.05) is 42.5 Å². The quantitative estimate of drug-likeness (QED) is 0.337. The highest BCUT2D eigenvalue weighted by atomic mass is 16.1. The van der Waals surface area contributed by atoms with Crippen LogP contribution in [-0.4, -0.2) is 35.7 Å². The van der Waals surface area contributed by atoms with E-state index in [1.807, 2.05) is 60.7 Å². The Labute approximate surface area is 199 Å². The number of nitrogens with zero attached hydrogens (tertiary/aromatic N) is 5. The molecule has 9 nitrogen and oxygen atoms in total. The molecule has 0 atom stereocenters. The lowest BCUT2D eigenvalue weighted by Crippen LogP contribution is -2.22. The molecule has 4 heterocycles. The average Bonchev–Trinajstić information content (AvgIpc) is 3.48. The van der Waals surface area contributed by atoms with Crippen molar-refractivity contribution in [3.8, 4) is 22.6 Å². The Morgan fingerprint density at radius 2 is 1.77 bits per heavy atom. The fourth-order valence-corrected chi connectivity index (χ4v) is 4.05. The number of hydrogen-bond donors (Lipinski definition) is 3. The molecular formula is C26H20N8O. The van der Waals surface area contributed by atoms with E-state index >= 15 is 0 Å². The summed E-state index contributed by atoms with van der Waals surface area (Å²) in [5, 5.41) is 11.1. The molecule has 170 valence electrons. The van der Waals surface area contributed by atoms with Gasteiger partial charge in [-0.2, -0.15) is 5.10 Å². The molecule has 1 amide bonds. The first-order chi connectivity index (χ1) is 17.2. The van der Waals surface area contributed by atoms with Gasteiger partial charge in [-0.05, 0) is 29.8 Å². The van der Waals surface area contributed by atoms with E-state index in [2.05, 4.69) is 30.5 Å². The van der Waals surface area contributed by atoms with Crippen molar-refractivity contribution in [1.82, 2.24) is 35.1 Å². The van der Waals surface area contributed by atoms with Crippen LogP contribution in [0.4, 0.5) is 0 Å². The molecule has 4 aromatic heterocycles. The molecule has 0 aliphatic carbocycles. The topological polar surface area (TPSA) is 127 Å². The fourth-order valence-electron chi connectivity index (χ4n) is 4.05. The lowest BCUT2D eigenvalue weighted by atomic mass is 10.1. The van der Waals surface area contributed by atoms with E-state index in [0.717, 1.165) is 33.1 Å². The Balaban J connectivity index is 1.33. The second-order valence-corrected chi connectivity index (χ2v) is 8.12. The van der Waals surface area contributed by atoms with Crippen molar-refractivity contribution < 1.29 is 4.79 Å². The van der Waals surface area contributed by atoms with Crippen molar-refractivity contribution >= 4 is 28.0 Å². The van der Waals surface area contributed by atoms with Crippen molar-refractivity contribution in [3.63, 3.8) is 0 Å². The number of carbonyl (C=O) groups is 1. The molecule has 6 rings (SSSR count). The van der Waals surface area contributed by atoms with E-state index in [9.17, 15) is 4.79 Å². The third kappa shape index (κ3) is 3.74. The summed E-state index contributed by atoms with van der Waals surface area (Å²) in [7, 11) is 0. The molecule has 0 radical (unpaired) electrons. The first kappa shape index (κ1) is 20.5. The van der Waals surface area contributed by atoms with Crippen molar-refractivity contribution in [2.75, 3.05) is 5.84 Å². The summed E-state index contributed by atoms with van der Waals surface area (Å²) < 4.78 is 1.52. The van der Waals surface area contributed by atoms with Gasteiger partial charge in [0.05, 0.1) is 22.0 Å². The number of imidazole rings is 1. The molecule has 0 bridgehead atoms. The molecule has 0 saturated heterocycles. The van der Waals surface area contributed by atoms with Crippen molar-refractivity contribution in [2.24, 2.45) is 0 Å². The third-order valence-corrected chi connectivity index (χ3v) is 5.85. The van der Waals surface area contributed by atoms with E-state index in [1.165, 1.54) is 4.68 Å². The lowest BCUT2D eigenvalue weighted by molar-refractivity contribution is 0.0950. The Hall–Kier alpha value is -5.05. The number of fused-ring (bicyclic) bond motifs is 2. The van der Waals surface area contributed by atoms with E-state index < -0.39 is 0 Å². The molecule has 4 N–H and O–H groups in total. The number of nitrogens with one attached hydrogen (secondary N) is 2. The number of amides is 1. The molecule has 2 aromatic carbocycles. The number of aromatic nitrogens is 6. The summed E-state index contributed by atoms with van der Waals surface area (Å²) >= 11 is 0. The smallest absolute Gasteiger partial charge is 0.253 e. The maximum absolute atomic E-state index is 12.7. The number of rotatable bonds is 5. The Bertz CT molecular complexity index is 1690. The maximum atomic E-state index is 12.7. The Morgan fingerprint density at radius 1 is 0.971 bits per heavy atom. The van der Waals surface area contributed by atoms with Crippen molar-refractivity contribution in [1.29, 1.82) is 0 Å². The van der Waals surface area contributed by atoms with Crippen LogP contribution in [0.15, 0.2) is 85.3 Å². The predicted molar refractivity (Wildman–Crippen MR) is 134 cm³/mol. The van der Waals surface area contributed by atoms with Gasteiger partial charge in [0.15, 0.2) is 11.5 Å². The molecule has 0 saturated carbocycles. The van der Waals surface area contributed by atoms with Crippen LogP contribution in [-0.2, 0) is 6.54 Å². The lowest BCUT2D eigenvalue weighted by Gasteiger charge is -2.07. The van der Waals surface area contributed by atoms with Gasteiger partial charge in [-0.15, -0.1) is 0 Å². The normalized spacial score (nSPS) is 11.2. The largest absolute Gasteiger partial charge is 0.348 e. The van der Waals surface area contributed by atoms with Gasteiger partial charge in [0, 0.05) is 36.3 Å². The summed E-state index contributed by atoms with van der Waals surface area (Å²) in [5.41, 5.74) is 5.85. The number of pyridine rings is 2. The molecule has 6 aromatic rings. The second kappa shape index (κ2) is 8.38. The number of benzene rings is 2. The molecule has 0 aliphatic heterocycles. The minimum Gasteiger partial charge on any atom is -0.348 e. The molecule has 0 fully saturated rings. The number of carbonyl (C=O) groups excluding carboxylic acids is 1. The van der Waals surface area contributed by atoms with Crippen LogP contribution < -0.4 is 11.2 Å². The first-order valence-corrected chi connectivity index (χ1v) is 11.0. The summed E-state index contributed by atoms with van der Waals surface area (Å²) in [6.45, 7) is 0.440.